The van der Waals surface area contributed by atoms with Gasteiger partial charge in [-0.05, 0) is 18.2 Å². The van der Waals surface area contributed by atoms with Crippen molar-refractivity contribution >= 4 is 11.6 Å². The minimum Gasteiger partial charge on any atom is -0.454 e. The number of rotatable bonds is 2. The number of alkyl halides is 3. The molecule has 5 nitrogen and oxygen atoms in total. The van der Waals surface area contributed by atoms with Crippen molar-refractivity contribution in [1.82, 2.24) is 9.97 Å². The fourth-order valence-corrected chi connectivity index (χ4v) is 1.68. The van der Waals surface area contributed by atoms with Crippen LogP contribution in [0.5, 0.6) is 11.5 Å². The summed E-state index contributed by atoms with van der Waals surface area (Å²) < 4.78 is 47.9. The number of benzene rings is 1. The van der Waals surface area contributed by atoms with Crippen LogP contribution in [0.2, 0.25) is 0 Å². The van der Waals surface area contributed by atoms with Gasteiger partial charge in [0.15, 0.2) is 11.5 Å². The second kappa shape index (κ2) is 4.55. The van der Waals surface area contributed by atoms with Gasteiger partial charge in [0, 0.05) is 18.0 Å². The SMILES string of the molecule is FC(F)(F)c1ccnc(Nc2ccc3c(c2)OCO3)n1. The highest BCUT2D eigenvalue weighted by atomic mass is 19.4. The lowest BCUT2D eigenvalue weighted by Crippen LogP contribution is -2.10. The van der Waals surface area contributed by atoms with Crippen LogP contribution >= 0.6 is 0 Å². The smallest absolute Gasteiger partial charge is 0.433 e. The van der Waals surface area contributed by atoms with Gasteiger partial charge in [0.25, 0.3) is 0 Å². The molecule has 0 spiro atoms. The number of hydrogen-bond donors (Lipinski definition) is 1. The molecule has 2 aromatic rings. The van der Waals surface area contributed by atoms with Crippen molar-refractivity contribution in [3.63, 3.8) is 0 Å². The molecule has 3 rings (SSSR count). The highest BCUT2D eigenvalue weighted by Gasteiger charge is 2.32. The number of ether oxygens (including phenoxy) is 2. The van der Waals surface area contributed by atoms with Gasteiger partial charge in [-0.2, -0.15) is 13.2 Å². The predicted molar refractivity (Wildman–Crippen MR) is 62.9 cm³/mol. The van der Waals surface area contributed by atoms with E-state index in [1.165, 1.54) is 0 Å². The third-order valence-electron chi connectivity index (χ3n) is 2.57. The van der Waals surface area contributed by atoms with Crippen molar-refractivity contribution in [2.24, 2.45) is 0 Å². The Balaban J connectivity index is 1.84. The monoisotopic (exact) mass is 283 g/mol. The van der Waals surface area contributed by atoms with Crippen LogP contribution in [0.15, 0.2) is 30.5 Å². The van der Waals surface area contributed by atoms with E-state index in [9.17, 15) is 13.2 Å². The molecule has 0 fully saturated rings. The average Bonchev–Trinajstić information content (AvgIpc) is 2.85. The molecule has 0 atom stereocenters. The Hall–Kier alpha value is -2.51. The first-order valence-electron chi connectivity index (χ1n) is 5.59. The van der Waals surface area contributed by atoms with Gasteiger partial charge in [-0.1, -0.05) is 0 Å². The largest absolute Gasteiger partial charge is 0.454 e. The summed E-state index contributed by atoms with van der Waals surface area (Å²) in [6.45, 7) is 0.124. The first-order chi connectivity index (χ1) is 9.52. The summed E-state index contributed by atoms with van der Waals surface area (Å²) in [6.07, 6.45) is -3.46. The van der Waals surface area contributed by atoms with Crippen molar-refractivity contribution in [2.75, 3.05) is 12.1 Å². The summed E-state index contributed by atoms with van der Waals surface area (Å²) in [5.74, 6) is 0.959. The van der Waals surface area contributed by atoms with E-state index in [2.05, 4.69) is 15.3 Å². The quantitative estimate of drug-likeness (QED) is 0.918. The summed E-state index contributed by atoms with van der Waals surface area (Å²) in [6, 6.07) is 5.70. The molecule has 1 aliphatic heterocycles. The summed E-state index contributed by atoms with van der Waals surface area (Å²) in [4.78, 5) is 7.16. The van der Waals surface area contributed by atoms with Crippen molar-refractivity contribution in [1.29, 1.82) is 0 Å². The Kier molecular flexibility index (Phi) is 2.85. The maximum atomic E-state index is 12.5. The fourth-order valence-electron chi connectivity index (χ4n) is 1.68. The minimum atomic E-state index is -4.51. The molecule has 20 heavy (non-hydrogen) atoms. The lowest BCUT2D eigenvalue weighted by atomic mass is 10.3. The first kappa shape index (κ1) is 12.5. The lowest BCUT2D eigenvalue weighted by Gasteiger charge is -2.08. The molecule has 2 heterocycles. The van der Waals surface area contributed by atoms with Crippen LogP contribution in [0, 0.1) is 0 Å². The molecule has 1 aliphatic rings. The fraction of sp³-hybridized carbons (Fsp3) is 0.167. The van der Waals surface area contributed by atoms with Gasteiger partial charge >= 0.3 is 6.18 Å². The van der Waals surface area contributed by atoms with Gasteiger partial charge in [0.05, 0.1) is 0 Å². The number of nitrogens with zero attached hydrogens (tertiary/aromatic N) is 2. The number of aromatic nitrogens is 2. The van der Waals surface area contributed by atoms with Crippen LogP contribution < -0.4 is 14.8 Å². The van der Waals surface area contributed by atoms with Crippen LogP contribution in [0.3, 0.4) is 0 Å². The van der Waals surface area contributed by atoms with Gasteiger partial charge in [0.2, 0.25) is 12.7 Å². The molecule has 0 amide bonds. The minimum absolute atomic E-state index is 0.124. The molecule has 0 radical (unpaired) electrons. The van der Waals surface area contributed by atoms with Crippen molar-refractivity contribution in [3.05, 3.63) is 36.2 Å². The Bertz CT molecular complexity index is 646. The topological polar surface area (TPSA) is 56.3 Å². The number of nitrogens with one attached hydrogen (secondary N) is 1. The Morgan fingerprint density at radius 1 is 1.10 bits per heavy atom. The van der Waals surface area contributed by atoms with Gasteiger partial charge in [-0.25, -0.2) is 9.97 Å². The van der Waals surface area contributed by atoms with E-state index in [0.717, 1.165) is 12.3 Å². The molecule has 104 valence electrons. The number of hydrogen-bond acceptors (Lipinski definition) is 5. The molecule has 0 unspecified atom stereocenters. The highest BCUT2D eigenvalue weighted by molar-refractivity contribution is 5.60. The van der Waals surface area contributed by atoms with Crippen molar-refractivity contribution < 1.29 is 22.6 Å². The average molecular weight is 283 g/mol. The second-order valence-corrected chi connectivity index (χ2v) is 3.96. The van der Waals surface area contributed by atoms with Gasteiger partial charge < -0.3 is 14.8 Å². The zero-order valence-electron chi connectivity index (χ0n) is 9.94. The summed E-state index contributed by atoms with van der Waals surface area (Å²) >= 11 is 0. The van der Waals surface area contributed by atoms with Crippen LogP contribution in [0.25, 0.3) is 0 Å². The first-order valence-corrected chi connectivity index (χ1v) is 5.59. The van der Waals surface area contributed by atoms with E-state index in [-0.39, 0.29) is 12.7 Å². The van der Waals surface area contributed by atoms with E-state index in [4.69, 9.17) is 9.47 Å². The van der Waals surface area contributed by atoms with E-state index >= 15 is 0 Å². The molecular weight excluding hydrogens is 275 g/mol. The Labute approximate surface area is 111 Å². The van der Waals surface area contributed by atoms with Crippen LogP contribution in [0.1, 0.15) is 5.69 Å². The lowest BCUT2D eigenvalue weighted by molar-refractivity contribution is -0.141. The maximum Gasteiger partial charge on any atom is 0.433 e. The zero-order valence-corrected chi connectivity index (χ0v) is 9.94. The molecule has 1 aromatic heterocycles. The van der Waals surface area contributed by atoms with Crippen molar-refractivity contribution in [2.45, 2.75) is 6.18 Å². The van der Waals surface area contributed by atoms with E-state index in [1.807, 2.05) is 0 Å². The normalized spacial score (nSPS) is 13.3. The van der Waals surface area contributed by atoms with E-state index < -0.39 is 11.9 Å². The van der Waals surface area contributed by atoms with Crippen LogP contribution in [0.4, 0.5) is 24.8 Å². The molecule has 0 bridgehead atoms. The number of halogens is 3. The van der Waals surface area contributed by atoms with Crippen LogP contribution in [-0.4, -0.2) is 16.8 Å². The van der Waals surface area contributed by atoms with E-state index in [0.29, 0.717) is 17.2 Å². The number of anilines is 2. The van der Waals surface area contributed by atoms with Crippen molar-refractivity contribution in [3.8, 4) is 11.5 Å². The van der Waals surface area contributed by atoms with Gasteiger partial charge in [-0.15, -0.1) is 0 Å². The molecular formula is C12H8F3N3O2. The standard InChI is InChI=1S/C12H8F3N3O2/c13-12(14,15)10-3-4-16-11(18-10)17-7-1-2-8-9(5-7)20-6-19-8/h1-5H,6H2,(H,16,17,18). The molecule has 0 saturated heterocycles. The third-order valence-corrected chi connectivity index (χ3v) is 2.57. The summed E-state index contributed by atoms with van der Waals surface area (Å²) in [5, 5.41) is 2.69. The van der Waals surface area contributed by atoms with Crippen LogP contribution in [-0.2, 0) is 6.18 Å². The predicted octanol–water partition coefficient (Wildman–Crippen LogP) is 2.97. The Morgan fingerprint density at radius 2 is 1.90 bits per heavy atom. The third kappa shape index (κ3) is 2.44. The summed E-state index contributed by atoms with van der Waals surface area (Å²) in [7, 11) is 0. The molecule has 8 heteroatoms. The highest BCUT2D eigenvalue weighted by Crippen LogP contribution is 2.35. The zero-order chi connectivity index (χ0) is 14.2. The number of fused-ring (bicyclic) bond motifs is 1. The molecule has 1 aromatic carbocycles. The van der Waals surface area contributed by atoms with E-state index in [1.54, 1.807) is 18.2 Å². The maximum absolute atomic E-state index is 12.5. The second-order valence-electron chi connectivity index (χ2n) is 3.96. The van der Waals surface area contributed by atoms with Gasteiger partial charge in [0.1, 0.15) is 5.69 Å². The Morgan fingerprint density at radius 3 is 2.70 bits per heavy atom. The summed E-state index contributed by atoms with van der Waals surface area (Å²) in [5.41, 5.74) is -0.496. The molecule has 0 aliphatic carbocycles. The molecule has 1 N–H and O–H groups in total. The molecule has 0 saturated carbocycles. The van der Waals surface area contributed by atoms with Gasteiger partial charge in [-0.3, -0.25) is 0 Å².